The van der Waals surface area contributed by atoms with Crippen LogP contribution in [0.25, 0.3) is 88.8 Å². The van der Waals surface area contributed by atoms with Gasteiger partial charge in [0.1, 0.15) is 0 Å². The van der Waals surface area contributed by atoms with E-state index in [4.69, 9.17) is 9.97 Å². The van der Waals surface area contributed by atoms with Gasteiger partial charge in [0.15, 0.2) is 5.82 Å². The van der Waals surface area contributed by atoms with Crippen molar-refractivity contribution in [2.45, 2.75) is 0 Å². The van der Waals surface area contributed by atoms with E-state index in [0.29, 0.717) is 5.82 Å². The molecule has 10 aromatic rings. The van der Waals surface area contributed by atoms with Gasteiger partial charge in [0.05, 0.1) is 27.9 Å². The Kier molecular flexibility index (Phi) is 6.46. The molecule has 0 atom stereocenters. The molecule has 0 fully saturated rings. The maximum Gasteiger partial charge on any atom is 0.160 e. The highest BCUT2D eigenvalue weighted by atomic mass is 15.0. The number of benzene rings is 7. The number of aromatic nitrogens is 4. The van der Waals surface area contributed by atoms with Crippen molar-refractivity contribution >= 4 is 43.5 Å². The summed E-state index contributed by atoms with van der Waals surface area (Å²) in [6.45, 7) is 0. The van der Waals surface area contributed by atoms with Crippen molar-refractivity contribution in [2.24, 2.45) is 0 Å². The van der Waals surface area contributed by atoms with E-state index in [0.717, 1.165) is 39.5 Å². The number of hydrogen-bond acceptors (Lipinski definition) is 2. The molecule has 0 amide bonds. The van der Waals surface area contributed by atoms with Gasteiger partial charge in [-0.15, -0.1) is 0 Å². The fourth-order valence-electron chi connectivity index (χ4n) is 7.36. The first-order valence-corrected chi connectivity index (χ1v) is 16.9. The van der Waals surface area contributed by atoms with Gasteiger partial charge >= 0.3 is 0 Å². The van der Waals surface area contributed by atoms with Gasteiger partial charge in [-0.1, -0.05) is 109 Å². The standard InChI is InChI=1S/C46H30N4/c1-4-13-32(14-5-1)40-29-41(33-15-6-2-7-16-33)48-46(47-40)34-20-23-37(24-21-34)50-42-25-22-31-12-10-11-19-38(31)45(42)39-28-35-26-27-49(43(35)30-44(39)50)36-17-8-3-9-18-36/h1-30H. The summed E-state index contributed by atoms with van der Waals surface area (Å²) in [5.41, 5.74) is 10.7. The molecule has 0 aliphatic heterocycles. The lowest BCUT2D eigenvalue weighted by molar-refractivity contribution is 1.12. The maximum atomic E-state index is 5.07. The SMILES string of the molecule is c1ccc(-c2cc(-c3ccccc3)nc(-c3ccc(-n4c5cc6c(ccn6-c6ccccc6)cc5c5c6ccccc6ccc54)cc3)n2)cc1. The van der Waals surface area contributed by atoms with Crippen molar-refractivity contribution in [2.75, 3.05) is 0 Å². The highest BCUT2D eigenvalue weighted by Crippen LogP contribution is 2.40. The fraction of sp³-hybridized carbons (Fsp3) is 0. The Morgan fingerprint density at radius 1 is 0.380 bits per heavy atom. The van der Waals surface area contributed by atoms with Crippen LogP contribution in [0.4, 0.5) is 0 Å². The van der Waals surface area contributed by atoms with E-state index in [2.05, 4.69) is 155 Å². The quantitative estimate of drug-likeness (QED) is 0.188. The number of hydrogen-bond donors (Lipinski definition) is 0. The average Bonchev–Trinajstić information content (AvgIpc) is 3.76. The number of fused-ring (bicyclic) bond motifs is 6. The Hall–Kier alpha value is -6.78. The second-order valence-electron chi connectivity index (χ2n) is 12.7. The molecule has 0 unspecified atom stereocenters. The van der Waals surface area contributed by atoms with Crippen LogP contribution in [0, 0.1) is 0 Å². The summed E-state index contributed by atoms with van der Waals surface area (Å²) in [6.07, 6.45) is 2.17. The molecular formula is C46H30N4. The van der Waals surface area contributed by atoms with Crippen LogP contribution in [-0.4, -0.2) is 19.1 Å². The second kappa shape index (κ2) is 11.4. The average molecular weight is 639 g/mol. The third kappa shape index (κ3) is 4.61. The van der Waals surface area contributed by atoms with Crippen molar-refractivity contribution in [3.63, 3.8) is 0 Å². The lowest BCUT2D eigenvalue weighted by atomic mass is 10.0. The summed E-state index contributed by atoms with van der Waals surface area (Å²) in [6, 6.07) is 62.1. The van der Waals surface area contributed by atoms with Gasteiger partial charge in [-0.3, -0.25) is 0 Å². The lowest BCUT2D eigenvalue weighted by Crippen LogP contribution is -1.97. The molecule has 0 aliphatic carbocycles. The molecule has 0 saturated heterocycles. The number of para-hydroxylation sites is 1. The number of rotatable bonds is 5. The molecule has 0 spiro atoms. The summed E-state index contributed by atoms with van der Waals surface area (Å²) < 4.78 is 4.68. The molecule has 3 aromatic heterocycles. The topological polar surface area (TPSA) is 35.6 Å². The Labute approximate surface area is 289 Å². The molecule has 0 aliphatic rings. The molecule has 7 aromatic carbocycles. The van der Waals surface area contributed by atoms with Crippen LogP contribution in [0.1, 0.15) is 0 Å². The van der Waals surface area contributed by atoms with Gasteiger partial charge < -0.3 is 9.13 Å². The molecule has 3 heterocycles. The van der Waals surface area contributed by atoms with Gasteiger partial charge in [-0.05, 0) is 77.5 Å². The highest BCUT2D eigenvalue weighted by Gasteiger charge is 2.18. The van der Waals surface area contributed by atoms with Crippen molar-refractivity contribution < 1.29 is 0 Å². The van der Waals surface area contributed by atoms with E-state index in [1.165, 1.54) is 43.5 Å². The van der Waals surface area contributed by atoms with Gasteiger partial charge in [0.25, 0.3) is 0 Å². The van der Waals surface area contributed by atoms with E-state index < -0.39 is 0 Å². The zero-order chi connectivity index (χ0) is 33.0. The summed E-state index contributed by atoms with van der Waals surface area (Å²) in [4.78, 5) is 10.1. The van der Waals surface area contributed by atoms with E-state index in [1.807, 2.05) is 36.4 Å². The zero-order valence-electron chi connectivity index (χ0n) is 27.1. The molecule has 0 N–H and O–H groups in total. The van der Waals surface area contributed by atoms with Crippen LogP contribution in [0.5, 0.6) is 0 Å². The molecular weight excluding hydrogens is 609 g/mol. The first-order valence-electron chi connectivity index (χ1n) is 16.9. The van der Waals surface area contributed by atoms with Crippen LogP contribution >= 0.6 is 0 Å². The Balaban J connectivity index is 1.17. The zero-order valence-corrected chi connectivity index (χ0v) is 27.1. The van der Waals surface area contributed by atoms with Crippen LogP contribution in [0.3, 0.4) is 0 Å². The summed E-state index contributed by atoms with van der Waals surface area (Å²) in [5, 5.41) is 6.22. The normalized spacial score (nSPS) is 11.6. The van der Waals surface area contributed by atoms with E-state index >= 15 is 0 Å². The van der Waals surface area contributed by atoms with Crippen molar-refractivity contribution in [3.8, 4) is 45.3 Å². The fourth-order valence-corrected chi connectivity index (χ4v) is 7.36. The minimum atomic E-state index is 0.701. The Bertz CT molecular complexity index is 2770. The molecule has 0 bridgehead atoms. The molecule has 0 radical (unpaired) electrons. The Morgan fingerprint density at radius 2 is 1.02 bits per heavy atom. The summed E-state index contributed by atoms with van der Waals surface area (Å²) in [5.74, 6) is 0.701. The van der Waals surface area contributed by atoms with Crippen molar-refractivity contribution in [1.29, 1.82) is 0 Å². The minimum Gasteiger partial charge on any atom is -0.316 e. The van der Waals surface area contributed by atoms with Gasteiger partial charge in [0, 0.05) is 50.4 Å². The third-order valence-electron chi connectivity index (χ3n) is 9.75. The maximum absolute atomic E-state index is 5.07. The van der Waals surface area contributed by atoms with E-state index in [-0.39, 0.29) is 0 Å². The largest absolute Gasteiger partial charge is 0.316 e. The van der Waals surface area contributed by atoms with Gasteiger partial charge in [-0.2, -0.15) is 0 Å². The van der Waals surface area contributed by atoms with E-state index in [1.54, 1.807) is 0 Å². The van der Waals surface area contributed by atoms with Crippen molar-refractivity contribution in [1.82, 2.24) is 19.1 Å². The molecule has 0 saturated carbocycles. The number of nitrogens with zero attached hydrogens (tertiary/aromatic N) is 4. The molecule has 10 rings (SSSR count). The monoisotopic (exact) mass is 638 g/mol. The molecule has 50 heavy (non-hydrogen) atoms. The van der Waals surface area contributed by atoms with Crippen LogP contribution < -0.4 is 0 Å². The van der Waals surface area contributed by atoms with Gasteiger partial charge in [0.2, 0.25) is 0 Å². The first kappa shape index (κ1) is 28.3. The Morgan fingerprint density at radius 3 is 1.72 bits per heavy atom. The molecule has 4 nitrogen and oxygen atoms in total. The smallest absolute Gasteiger partial charge is 0.160 e. The highest BCUT2D eigenvalue weighted by molar-refractivity contribution is 6.23. The first-order chi connectivity index (χ1) is 24.8. The lowest BCUT2D eigenvalue weighted by Gasteiger charge is -2.12. The molecule has 4 heteroatoms. The second-order valence-corrected chi connectivity index (χ2v) is 12.7. The van der Waals surface area contributed by atoms with Gasteiger partial charge in [-0.25, -0.2) is 9.97 Å². The molecule has 234 valence electrons. The van der Waals surface area contributed by atoms with Crippen LogP contribution in [0.15, 0.2) is 182 Å². The van der Waals surface area contributed by atoms with Crippen LogP contribution in [-0.2, 0) is 0 Å². The minimum absolute atomic E-state index is 0.701. The summed E-state index contributed by atoms with van der Waals surface area (Å²) in [7, 11) is 0. The van der Waals surface area contributed by atoms with E-state index in [9.17, 15) is 0 Å². The predicted octanol–water partition coefficient (Wildman–Crippen LogP) is 11.7. The van der Waals surface area contributed by atoms with Crippen LogP contribution in [0.2, 0.25) is 0 Å². The third-order valence-corrected chi connectivity index (χ3v) is 9.75. The summed E-state index contributed by atoms with van der Waals surface area (Å²) >= 11 is 0. The van der Waals surface area contributed by atoms with Crippen molar-refractivity contribution in [3.05, 3.63) is 182 Å². The predicted molar refractivity (Wildman–Crippen MR) is 207 cm³/mol.